The number of aromatic nitrogens is 1. The lowest BCUT2D eigenvalue weighted by Gasteiger charge is -2.24. The summed E-state index contributed by atoms with van der Waals surface area (Å²) in [5, 5.41) is 5.15. The standard InChI is InChI=1S/C48H31NOS/c1-3-11-30(12-4-1)32-21-24-40-37(27-32)38-28-33(31-13-5-2-6-14-31)22-25-41(38)49(40)42-17-10-18-44-48(42)39-29-34(23-26-43(39)50-44)35-16-9-20-46-47(35)36-15-7-8-19-45(36)51-46/h1-29,46-47H. The molecule has 0 fully saturated rings. The fourth-order valence-electron chi connectivity index (χ4n) is 8.46. The Hall–Kier alpha value is -6.03. The van der Waals surface area contributed by atoms with Crippen LogP contribution in [0.4, 0.5) is 0 Å². The van der Waals surface area contributed by atoms with Crippen LogP contribution >= 0.6 is 11.8 Å². The SMILES string of the molecule is C1=CC2Sc3ccccc3C2C(c2ccc3oc4cccc(-n5c6ccc(-c7ccccc7)cc6c6cc(-c7ccccc7)ccc65)c4c3c2)=C1. The van der Waals surface area contributed by atoms with E-state index in [1.165, 1.54) is 65.7 Å². The lowest BCUT2D eigenvalue weighted by molar-refractivity contribution is 0.669. The Morgan fingerprint density at radius 2 is 1.16 bits per heavy atom. The molecule has 51 heavy (non-hydrogen) atoms. The zero-order valence-corrected chi connectivity index (χ0v) is 28.5. The second kappa shape index (κ2) is 11.2. The van der Waals surface area contributed by atoms with E-state index >= 15 is 0 Å². The topological polar surface area (TPSA) is 18.1 Å². The van der Waals surface area contributed by atoms with Gasteiger partial charge in [-0.1, -0.05) is 121 Å². The molecule has 240 valence electrons. The average Bonchev–Trinajstić information content (AvgIpc) is 3.87. The fraction of sp³-hybridized carbons (Fsp3) is 0.0417. The molecule has 1 aliphatic carbocycles. The van der Waals surface area contributed by atoms with Crippen molar-refractivity contribution in [3.05, 3.63) is 187 Å². The molecule has 2 nitrogen and oxygen atoms in total. The van der Waals surface area contributed by atoms with Gasteiger partial charge in [0.1, 0.15) is 11.2 Å². The van der Waals surface area contributed by atoms with E-state index in [1.807, 2.05) is 11.8 Å². The van der Waals surface area contributed by atoms with Crippen LogP contribution in [0.1, 0.15) is 17.0 Å². The van der Waals surface area contributed by atoms with E-state index in [-0.39, 0.29) is 0 Å². The zero-order valence-electron chi connectivity index (χ0n) is 27.7. The van der Waals surface area contributed by atoms with Crippen molar-refractivity contribution in [2.45, 2.75) is 16.1 Å². The van der Waals surface area contributed by atoms with Crippen LogP contribution < -0.4 is 0 Å². The molecule has 0 radical (unpaired) electrons. The molecular formula is C48H31NOS. The van der Waals surface area contributed by atoms with Gasteiger partial charge in [-0.05, 0) is 93.6 Å². The highest BCUT2D eigenvalue weighted by atomic mass is 32.2. The first-order valence-electron chi connectivity index (χ1n) is 17.6. The smallest absolute Gasteiger partial charge is 0.137 e. The van der Waals surface area contributed by atoms with Crippen LogP contribution in [0.2, 0.25) is 0 Å². The van der Waals surface area contributed by atoms with Gasteiger partial charge in [-0.3, -0.25) is 0 Å². The number of hydrogen-bond donors (Lipinski definition) is 0. The van der Waals surface area contributed by atoms with Crippen molar-refractivity contribution < 1.29 is 4.42 Å². The lowest BCUT2D eigenvalue weighted by atomic mass is 9.81. The molecule has 1 aliphatic heterocycles. The Kier molecular flexibility index (Phi) is 6.34. The minimum Gasteiger partial charge on any atom is -0.456 e. The maximum absolute atomic E-state index is 6.60. The van der Waals surface area contributed by atoms with E-state index in [2.05, 4.69) is 181 Å². The maximum atomic E-state index is 6.60. The molecule has 0 spiro atoms. The minimum atomic E-state index is 0.334. The molecule has 2 unspecified atom stereocenters. The number of nitrogens with zero attached hydrogens (tertiary/aromatic N) is 1. The normalized spacial score (nSPS) is 16.6. The fourth-order valence-corrected chi connectivity index (χ4v) is 9.84. The van der Waals surface area contributed by atoms with E-state index in [1.54, 1.807) is 0 Å². The van der Waals surface area contributed by atoms with Gasteiger partial charge >= 0.3 is 0 Å². The molecule has 0 amide bonds. The van der Waals surface area contributed by atoms with Crippen LogP contribution in [-0.4, -0.2) is 9.82 Å². The van der Waals surface area contributed by atoms with E-state index in [0.29, 0.717) is 11.2 Å². The van der Waals surface area contributed by atoms with Gasteiger partial charge in [0.15, 0.2) is 0 Å². The Bertz CT molecular complexity index is 2800. The molecule has 7 aromatic carbocycles. The number of hydrogen-bond acceptors (Lipinski definition) is 2. The summed E-state index contributed by atoms with van der Waals surface area (Å²) in [5.74, 6) is 0.334. The molecule has 2 atom stereocenters. The lowest BCUT2D eigenvalue weighted by Crippen LogP contribution is -2.12. The monoisotopic (exact) mass is 669 g/mol. The van der Waals surface area contributed by atoms with Crippen LogP contribution in [0.25, 0.3) is 77.3 Å². The molecule has 11 rings (SSSR count). The van der Waals surface area contributed by atoms with Crippen LogP contribution in [0.15, 0.2) is 185 Å². The first-order valence-corrected chi connectivity index (χ1v) is 18.5. The summed E-state index contributed by atoms with van der Waals surface area (Å²) < 4.78 is 9.05. The highest BCUT2D eigenvalue weighted by Gasteiger charge is 2.36. The van der Waals surface area contributed by atoms with Gasteiger partial charge in [0.25, 0.3) is 0 Å². The van der Waals surface area contributed by atoms with Gasteiger partial charge in [0.05, 0.1) is 22.1 Å². The van der Waals surface area contributed by atoms with Crippen molar-refractivity contribution in [2.75, 3.05) is 0 Å². The average molecular weight is 670 g/mol. The summed E-state index contributed by atoms with van der Waals surface area (Å²) >= 11 is 1.98. The van der Waals surface area contributed by atoms with E-state index in [0.717, 1.165) is 27.6 Å². The molecule has 0 saturated heterocycles. The molecular weight excluding hydrogens is 639 g/mol. The summed E-state index contributed by atoms with van der Waals surface area (Å²) in [7, 11) is 0. The Balaban J connectivity index is 1.15. The van der Waals surface area contributed by atoms with E-state index in [4.69, 9.17) is 4.42 Å². The van der Waals surface area contributed by atoms with Gasteiger partial charge in [-0.15, -0.1) is 11.8 Å². The minimum absolute atomic E-state index is 0.334. The van der Waals surface area contributed by atoms with Gasteiger partial charge in [0, 0.05) is 32.2 Å². The Labute approximate surface area is 300 Å². The second-order valence-electron chi connectivity index (χ2n) is 13.6. The quantitative estimate of drug-likeness (QED) is 0.186. The Morgan fingerprint density at radius 1 is 0.510 bits per heavy atom. The summed E-state index contributed by atoms with van der Waals surface area (Å²) in [6.45, 7) is 0. The molecule has 3 heteroatoms. The molecule has 3 heterocycles. The number of allylic oxidation sites excluding steroid dienone is 3. The summed E-state index contributed by atoms with van der Waals surface area (Å²) in [4.78, 5) is 1.39. The summed E-state index contributed by atoms with van der Waals surface area (Å²) in [6.07, 6.45) is 6.91. The third-order valence-electron chi connectivity index (χ3n) is 10.8. The summed E-state index contributed by atoms with van der Waals surface area (Å²) in [6, 6.07) is 57.3. The van der Waals surface area contributed by atoms with Crippen LogP contribution in [0, 0.1) is 0 Å². The molecule has 2 aromatic heterocycles. The van der Waals surface area contributed by atoms with Gasteiger partial charge in [-0.25, -0.2) is 0 Å². The van der Waals surface area contributed by atoms with Crippen molar-refractivity contribution >= 4 is 61.1 Å². The number of furan rings is 1. The van der Waals surface area contributed by atoms with Crippen molar-refractivity contribution in [1.82, 2.24) is 4.57 Å². The summed E-state index contributed by atoms with van der Waals surface area (Å²) in [5.41, 5.74) is 14.2. The van der Waals surface area contributed by atoms with E-state index < -0.39 is 0 Å². The molecule has 2 aliphatic rings. The van der Waals surface area contributed by atoms with E-state index in [9.17, 15) is 0 Å². The molecule has 9 aromatic rings. The number of rotatable bonds is 4. The van der Waals surface area contributed by atoms with Crippen molar-refractivity contribution in [2.24, 2.45) is 0 Å². The van der Waals surface area contributed by atoms with Crippen molar-refractivity contribution in [1.29, 1.82) is 0 Å². The van der Waals surface area contributed by atoms with Crippen molar-refractivity contribution in [3.8, 4) is 27.9 Å². The maximum Gasteiger partial charge on any atom is 0.137 e. The number of benzene rings is 7. The molecule has 0 N–H and O–H groups in total. The van der Waals surface area contributed by atoms with Crippen LogP contribution in [0.5, 0.6) is 0 Å². The largest absolute Gasteiger partial charge is 0.456 e. The third-order valence-corrected chi connectivity index (χ3v) is 12.1. The molecule has 0 bridgehead atoms. The first-order chi connectivity index (χ1) is 25.3. The van der Waals surface area contributed by atoms with Crippen LogP contribution in [-0.2, 0) is 0 Å². The predicted molar refractivity (Wildman–Crippen MR) is 215 cm³/mol. The predicted octanol–water partition coefficient (Wildman–Crippen LogP) is 13.2. The first kappa shape index (κ1) is 28.8. The Morgan fingerprint density at radius 3 is 1.88 bits per heavy atom. The van der Waals surface area contributed by atoms with Gasteiger partial charge in [0.2, 0.25) is 0 Å². The number of fused-ring (bicyclic) bond motifs is 9. The molecule has 0 saturated carbocycles. The van der Waals surface area contributed by atoms with Crippen LogP contribution in [0.3, 0.4) is 0 Å². The van der Waals surface area contributed by atoms with Gasteiger partial charge in [-0.2, -0.15) is 0 Å². The third kappa shape index (κ3) is 4.45. The zero-order chi connectivity index (χ0) is 33.5. The van der Waals surface area contributed by atoms with Crippen molar-refractivity contribution in [3.63, 3.8) is 0 Å². The highest BCUT2D eigenvalue weighted by molar-refractivity contribution is 8.00. The second-order valence-corrected chi connectivity index (χ2v) is 14.8. The number of thioether (sulfide) groups is 1. The highest BCUT2D eigenvalue weighted by Crippen LogP contribution is 2.53. The van der Waals surface area contributed by atoms with Gasteiger partial charge < -0.3 is 8.98 Å².